The van der Waals surface area contributed by atoms with Crippen LogP contribution in [-0.4, -0.2) is 11.4 Å². The number of amides is 1. The van der Waals surface area contributed by atoms with Crippen molar-refractivity contribution in [1.29, 1.82) is 0 Å². The Kier molecular flexibility index (Phi) is 5.87. The highest BCUT2D eigenvalue weighted by Gasteiger charge is 2.38. The lowest BCUT2D eigenvalue weighted by Gasteiger charge is -2.37. The maximum absolute atomic E-state index is 12.7. The first-order chi connectivity index (χ1) is 9.70. The van der Waals surface area contributed by atoms with Gasteiger partial charge in [0.25, 0.3) is 0 Å². The number of anilines is 1. The van der Waals surface area contributed by atoms with Crippen molar-refractivity contribution in [3.63, 3.8) is 0 Å². The summed E-state index contributed by atoms with van der Waals surface area (Å²) in [5.41, 5.74) is 4.90. The van der Waals surface area contributed by atoms with Gasteiger partial charge in [0, 0.05) is 11.2 Å². The highest BCUT2D eigenvalue weighted by Crippen LogP contribution is 2.33. The van der Waals surface area contributed by atoms with Crippen LogP contribution in [0.15, 0.2) is 24.3 Å². The second-order valence-corrected chi connectivity index (χ2v) is 5.87. The van der Waals surface area contributed by atoms with Gasteiger partial charge >= 0.3 is 6.18 Å². The van der Waals surface area contributed by atoms with Crippen molar-refractivity contribution in [3.8, 4) is 0 Å². The van der Waals surface area contributed by atoms with E-state index in [1.165, 1.54) is 12.1 Å². The average Bonchev–Trinajstić information content (AvgIpc) is 2.37. The van der Waals surface area contributed by atoms with Crippen LogP contribution >= 0.6 is 12.4 Å². The highest BCUT2D eigenvalue weighted by atomic mass is 35.5. The van der Waals surface area contributed by atoms with Gasteiger partial charge < -0.3 is 11.1 Å². The molecular weight excluding hydrogens is 317 g/mol. The summed E-state index contributed by atoms with van der Waals surface area (Å²) in [6.07, 6.45) is -1.13. The number of nitrogens with one attached hydrogen (secondary N) is 1. The topological polar surface area (TPSA) is 55.1 Å². The molecule has 22 heavy (non-hydrogen) atoms. The van der Waals surface area contributed by atoms with Crippen LogP contribution in [0, 0.1) is 5.92 Å². The van der Waals surface area contributed by atoms with Gasteiger partial charge in [0.1, 0.15) is 0 Å². The first-order valence-corrected chi connectivity index (χ1v) is 6.97. The van der Waals surface area contributed by atoms with E-state index in [0.29, 0.717) is 6.42 Å². The lowest BCUT2D eigenvalue weighted by Crippen LogP contribution is -2.51. The molecule has 1 aliphatic rings. The van der Waals surface area contributed by atoms with Gasteiger partial charge in [-0.2, -0.15) is 13.2 Å². The number of rotatable bonds is 2. The first-order valence-electron chi connectivity index (χ1n) is 6.97. The average molecular weight is 337 g/mol. The van der Waals surface area contributed by atoms with Crippen LogP contribution in [-0.2, 0) is 11.0 Å². The third kappa shape index (κ3) is 4.36. The van der Waals surface area contributed by atoms with Crippen LogP contribution in [0.3, 0.4) is 0 Å². The summed E-state index contributed by atoms with van der Waals surface area (Å²) in [4.78, 5) is 12.3. The second kappa shape index (κ2) is 6.87. The predicted molar refractivity (Wildman–Crippen MR) is 81.9 cm³/mol. The Bertz CT molecular complexity index is 532. The van der Waals surface area contributed by atoms with Crippen molar-refractivity contribution in [2.75, 3.05) is 5.32 Å². The third-order valence-corrected chi connectivity index (χ3v) is 4.03. The van der Waals surface area contributed by atoms with Gasteiger partial charge in [-0.1, -0.05) is 18.9 Å². The van der Waals surface area contributed by atoms with Crippen molar-refractivity contribution in [1.82, 2.24) is 0 Å². The Hall–Kier alpha value is -1.27. The largest absolute Gasteiger partial charge is 0.416 e. The molecule has 124 valence electrons. The number of nitrogens with two attached hydrogens (primary N) is 1. The molecular formula is C15H20ClF3N2O. The summed E-state index contributed by atoms with van der Waals surface area (Å²) in [7, 11) is 0. The Morgan fingerprint density at radius 2 is 2.05 bits per heavy atom. The maximum atomic E-state index is 12.7. The van der Waals surface area contributed by atoms with Gasteiger partial charge in [-0.25, -0.2) is 0 Å². The third-order valence-electron chi connectivity index (χ3n) is 4.03. The smallest absolute Gasteiger partial charge is 0.326 e. The number of benzene rings is 1. The van der Waals surface area contributed by atoms with Crippen molar-refractivity contribution in [2.24, 2.45) is 11.7 Å². The normalized spacial score (nSPS) is 25.2. The van der Waals surface area contributed by atoms with Crippen molar-refractivity contribution in [3.05, 3.63) is 29.8 Å². The number of alkyl halides is 3. The summed E-state index contributed by atoms with van der Waals surface area (Å²) < 4.78 is 38.0. The molecule has 1 aromatic rings. The van der Waals surface area contributed by atoms with E-state index in [1.807, 2.05) is 6.92 Å². The van der Waals surface area contributed by atoms with Gasteiger partial charge in [-0.05, 0) is 38.0 Å². The summed E-state index contributed by atoms with van der Waals surface area (Å²) in [5, 5.41) is 2.56. The Labute approximate surface area is 133 Å². The monoisotopic (exact) mass is 336 g/mol. The maximum Gasteiger partial charge on any atom is 0.416 e. The van der Waals surface area contributed by atoms with E-state index in [9.17, 15) is 18.0 Å². The quantitative estimate of drug-likeness (QED) is 0.858. The fourth-order valence-corrected chi connectivity index (χ4v) is 2.79. The molecule has 0 spiro atoms. The van der Waals surface area contributed by atoms with E-state index in [1.54, 1.807) is 0 Å². The molecule has 1 aromatic carbocycles. The van der Waals surface area contributed by atoms with Crippen molar-refractivity contribution in [2.45, 2.75) is 44.3 Å². The zero-order valence-electron chi connectivity index (χ0n) is 12.2. The van der Waals surface area contributed by atoms with Gasteiger partial charge in [-0.15, -0.1) is 12.4 Å². The van der Waals surface area contributed by atoms with E-state index < -0.39 is 17.3 Å². The van der Waals surface area contributed by atoms with E-state index in [4.69, 9.17) is 5.73 Å². The molecule has 1 amide bonds. The summed E-state index contributed by atoms with van der Waals surface area (Å²) >= 11 is 0. The summed E-state index contributed by atoms with van der Waals surface area (Å²) in [5.74, 6) is -0.681. The number of hydrogen-bond acceptors (Lipinski definition) is 2. The van der Waals surface area contributed by atoms with Crippen LogP contribution in [0.2, 0.25) is 0 Å². The molecule has 2 rings (SSSR count). The molecule has 0 aliphatic heterocycles. The van der Waals surface area contributed by atoms with Crippen molar-refractivity contribution >= 4 is 24.0 Å². The van der Waals surface area contributed by atoms with E-state index in [0.717, 1.165) is 31.4 Å². The lowest BCUT2D eigenvalue weighted by molar-refractivity contribution is -0.137. The van der Waals surface area contributed by atoms with Gasteiger partial charge in [-0.3, -0.25) is 4.79 Å². The molecule has 1 aliphatic carbocycles. The number of halogens is 4. The highest BCUT2D eigenvalue weighted by molar-refractivity contribution is 5.93. The van der Waals surface area contributed by atoms with Gasteiger partial charge in [0.2, 0.25) is 5.91 Å². The van der Waals surface area contributed by atoms with Crippen LogP contribution in [0.5, 0.6) is 0 Å². The van der Waals surface area contributed by atoms with Crippen LogP contribution < -0.4 is 11.1 Å². The molecule has 0 bridgehead atoms. The Morgan fingerprint density at radius 3 is 2.64 bits per heavy atom. The number of carbonyl (C=O) groups is 1. The SMILES string of the molecule is CC1(N)CCCCC1C(=O)Nc1cccc(C(F)(F)F)c1.Cl. The molecule has 0 radical (unpaired) electrons. The first kappa shape index (κ1) is 18.8. The van der Waals surface area contributed by atoms with Gasteiger partial charge in [0.05, 0.1) is 11.5 Å². The molecule has 0 aromatic heterocycles. The molecule has 1 saturated carbocycles. The Morgan fingerprint density at radius 1 is 1.36 bits per heavy atom. The summed E-state index contributed by atoms with van der Waals surface area (Å²) in [6.45, 7) is 1.82. The molecule has 2 unspecified atom stereocenters. The zero-order valence-corrected chi connectivity index (χ0v) is 13.1. The van der Waals surface area contributed by atoms with Crippen LogP contribution in [0.25, 0.3) is 0 Å². The minimum absolute atomic E-state index is 0. The molecule has 2 atom stereocenters. The molecule has 3 nitrogen and oxygen atoms in total. The standard InChI is InChI=1S/C15H19F3N2O.ClH/c1-14(19)8-3-2-7-12(14)13(21)20-11-6-4-5-10(9-11)15(16,17)18;/h4-6,9,12H,2-3,7-8,19H2,1H3,(H,20,21);1H. The minimum Gasteiger partial charge on any atom is -0.326 e. The molecule has 7 heteroatoms. The predicted octanol–water partition coefficient (Wildman–Crippen LogP) is 3.97. The number of hydrogen-bond donors (Lipinski definition) is 2. The fraction of sp³-hybridized carbons (Fsp3) is 0.533. The fourth-order valence-electron chi connectivity index (χ4n) is 2.79. The molecule has 3 N–H and O–H groups in total. The van der Waals surface area contributed by atoms with Crippen LogP contribution in [0.4, 0.5) is 18.9 Å². The van der Waals surface area contributed by atoms with E-state index in [-0.39, 0.29) is 29.9 Å². The van der Waals surface area contributed by atoms with Crippen LogP contribution in [0.1, 0.15) is 38.2 Å². The Balaban J connectivity index is 0.00000242. The van der Waals surface area contributed by atoms with E-state index in [2.05, 4.69) is 5.32 Å². The minimum atomic E-state index is -4.42. The zero-order chi connectivity index (χ0) is 15.7. The number of carbonyl (C=O) groups excluding carboxylic acids is 1. The summed E-state index contributed by atoms with van der Waals surface area (Å²) in [6, 6.07) is 4.64. The van der Waals surface area contributed by atoms with Gasteiger partial charge in [0.15, 0.2) is 0 Å². The lowest BCUT2D eigenvalue weighted by atomic mass is 9.74. The molecule has 0 heterocycles. The molecule has 1 fully saturated rings. The molecule has 0 saturated heterocycles. The van der Waals surface area contributed by atoms with Crippen molar-refractivity contribution < 1.29 is 18.0 Å². The second-order valence-electron chi connectivity index (χ2n) is 5.87. The van der Waals surface area contributed by atoms with E-state index >= 15 is 0 Å².